The van der Waals surface area contributed by atoms with E-state index in [-0.39, 0.29) is 12.3 Å². The second-order valence-corrected chi connectivity index (χ2v) is 9.20. The molecule has 0 heterocycles. The standard InChI is InChI=1S/C18H36N2O6/c1-10(2)9-11(25-14(19)23)12(21)13(22)18(16(3,4)5,17(6,7)8)26-15(20)24/h10-13,21-22H,9H2,1-8H3,(H2,19,23)(H2,20,24). The SMILES string of the molecule is CC(C)CC(OC(N)=O)C(O)C(O)C(OC(N)=O)(C(C)(C)C)C(C)(C)C. The molecular formula is C18H36N2O6. The molecule has 3 atom stereocenters. The number of carbonyl (C=O) groups excluding carboxylic acids is 2. The Hall–Kier alpha value is -1.54. The van der Waals surface area contributed by atoms with Crippen LogP contribution in [-0.2, 0) is 9.47 Å². The van der Waals surface area contributed by atoms with E-state index >= 15 is 0 Å². The summed E-state index contributed by atoms with van der Waals surface area (Å²) in [5.74, 6) is 0.0527. The number of carbonyl (C=O) groups is 2. The van der Waals surface area contributed by atoms with Gasteiger partial charge in [-0.3, -0.25) is 0 Å². The van der Waals surface area contributed by atoms with Crippen molar-refractivity contribution in [1.29, 1.82) is 0 Å². The third-order valence-corrected chi connectivity index (χ3v) is 4.58. The minimum atomic E-state index is -1.59. The van der Waals surface area contributed by atoms with Crippen LogP contribution in [0.3, 0.4) is 0 Å². The van der Waals surface area contributed by atoms with E-state index in [2.05, 4.69) is 0 Å². The fourth-order valence-electron chi connectivity index (χ4n) is 3.85. The van der Waals surface area contributed by atoms with E-state index in [4.69, 9.17) is 20.9 Å². The van der Waals surface area contributed by atoms with Crippen molar-refractivity contribution in [2.75, 3.05) is 0 Å². The molecule has 8 heteroatoms. The topological polar surface area (TPSA) is 145 Å². The van der Waals surface area contributed by atoms with Crippen molar-refractivity contribution in [1.82, 2.24) is 0 Å². The predicted molar refractivity (Wildman–Crippen MR) is 98.2 cm³/mol. The molecule has 3 unspecified atom stereocenters. The van der Waals surface area contributed by atoms with Crippen molar-refractivity contribution in [2.45, 2.75) is 85.7 Å². The molecule has 0 spiro atoms. The second-order valence-electron chi connectivity index (χ2n) is 9.20. The lowest BCUT2D eigenvalue weighted by Crippen LogP contribution is -2.68. The zero-order valence-corrected chi connectivity index (χ0v) is 17.2. The first kappa shape index (κ1) is 24.5. The Kier molecular flexibility index (Phi) is 7.93. The van der Waals surface area contributed by atoms with Crippen LogP contribution in [0.15, 0.2) is 0 Å². The van der Waals surface area contributed by atoms with E-state index in [9.17, 15) is 19.8 Å². The Labute approximate surface area is 156 Å². The van der Waals surface area contributed by atoms with Crippen LogP contribution in [-0.4, -0.2) is 46.3 Å². The Morgan fingerprint density at radius 1 is 0.923 bits per heavy atom. The summed E-state index contributed by atoms with van der Waals surface area (Å²) in [5, 5.41) is 22.0. The van der Waals surface area contributed by atoms with Crippen LogP contribution < -0.4 is 11.5 Å². The quantitative estimate of drug-likeness (QED) is 0.535. The number of nitrogens with two attached hydrogens (primary N) is 2. The molecule has 26 heavy (non-hydrogen) atoms. The van der Waals surface area contributed by atoms with Gasteiger partial charge < -0.3 is 31.2 Å². The number of aliphatic hydroxyl groups excluding tert-OH is 2. The zero-order chi connectivity index (χ0) is 21.1. The fraction of sp³-hybridized carbons (Fsp3) is 0.889. The third kappa shape index (κ3) is 5.48. The molecule has 0 aliphatic rings. The van der Waals surface area contributed by atoms with Crippen LogP contribution >= 0.6 is 0 Å². The summed E-state index contributed by atoms with van der Waals surface area (Å²) in [5.41, 5.74) is 7.21. The van der Waals surface area contributed by atoms with E-state index < -0.39 is 46.9 Å². The minimum absolute atomic E-state index is 0.0527. The number of amides is 2. The molecule has 0 aromatic rings. The Morgan fingerprint density at radius 2 is 1.35 bits per heavy atom. The highest BCUT2D eigenvalue weighted by Gasteiger charge is 2.61. The lowest BCUT2D eigenvalue weighted by Gasteiger charge is -2.55. The maximum absolute atomic E-state index is 11.7. The van der Waals surface area contributed by atoms with E-state index in [1.54, 1.807) is 41.5 Å². The number of hydrogen-bond acceptors (Lipinski definition) is 6. The van der Waals surface area contributed by atoms with E-state index in [1.807, 2.05) is 13.8 Å². The molecule has 0 saturated carbocycles. The van der Waals surface area contributed by atoms with Crippen molar-refractivity contribution in [3.8, 4) is 0 Å². The Balaban J connectivity index is 6.22. The predicted octanol–water partition coefficient (Wildman–Crippen LogP) is 2.14. The molecular weight excluding hydrogens is 340 g/mol. The first-order valence-corrected chi connectivity index (χ1v) is 8.78. The number of ether oxygens (including phenoxy) is 2. The normalized spacial score (nSPS) is 16.7. The van der Waals surface area contributed by atoms with Gasteiger partial charge in [-0.15, -0.1) is 0 Å². The van der Waals surface area contributed by atoms with Gasteiger partial charge in [-0.2, -0.15) is 0 Å². The highest BCUT2D eigenvalue weighted by atomic mass is 16.6. The van der Waals surface area contributed by atoms with E-state index in [0.717, 1.165) is 0 Å². The summed E-state index contributed by atoms with van der Waals surface area (Å²) in [4.78, 5) is 22.9. The summed E-state index contributed by atoms with van der Waals surface area (Å²) in [6.45, 7) is 14.3. The third-order valence-electron chi connectivity index (χ3n) is 4.58. The number of primary amides is 2. The number of hydrogen-bond donors (Lipinski definition) is 4. The lowest BCUT2D eigenvalue weighted by molar-refractivity contribution is -0.235. The summed E-state index contributed by atoms with van der Waals surface area (Å²) in [6.07, 6.45) is -6.06. The van der Waals surface area contributed by atoms with Crippen molar-refractivity contribution in [3.05, 3.63) is 0 Å². The lowest BCUT2D eigenvalue weighted by atomic mass is 9.58. The van der Waals surface area contributed by atoms with E-state index in [0.29, 0.717) is 0 Å². The Bertz CT molecular complexity index is 479. The van der Waals surface area contributed by atoms with Crippen LogP contribution in [0.1, 0.15) is 61.8 Å². The molecule has 8 nitrogen and oxygen atoms in total. The monoisotopic (exact) mass is 376 g/mol. The number of aliphatic hydroxyl groups is 2. The Morgan fingerprint density at radius 3 is 1.62 bits per heavy atom. The molecule has 0 aromatic carbocycles. The minimum Gasteiger partial charge on any atom is -0.444 e. The maximum Gasteiger partial charge on any atom is 0.405 e. The van der Waals surface area contributed by atoms with Gasteiger partial charge in [0.1, 0.15) is 18.3 Å². The smallest absolute Gasteiger partial charge is 0.405 e. The molecule has 0 aromatic heterocycles. The van der Waals surface area contributed by atoms with Gasteiger partial charge in [0, 0.05) is 10.8 Å². The van der Waals surface area contributed by atoms with Gasteiger partial charge in [0.05, 0.1) is 0 Å². The van der Waals surface area contributed by atoms with Crippen molar-refractivity contribution < 1.29 is 29.3 Å². The van der Waals surface area contributed by atoms with Crippen LogP contribution in [0, 0.1) is 16.7 Å². The van der Waals surface area contributed by atoms with Crippen LogP contribution in [0.4, 0.5) is 9.59 Å². The summed E-state index contributed by atoms with van der Waals surface area (Å²) >= 11 is 0. The molecule has 154 valence electrons. The molecule has 0 fully saturated rings. The largest absolute Gasteiger partial charge is 0.444 e. The molecule has 0 radical (unpaired) electrons. The first-order chi connectivity index (χ1) is 11.5. The maximum atomic E-state index is 11.7. The molecule has 0 saturated heterocycles. The second kappa shape index (κ2) is 8.43. The molecule has 0 bridgehead atoms. The van der Waals surface area contributed by atoms with Crippen molar-refractivity contribution >= 4 is 12.2 Å². The van der Waals surface area contributed by atoms with Crippen LogP contribution in [0.25, 0.3) is 0 Å². The van der Waals surface area contributed by atoms with Gasteiger partial charge in [0.15, 0.2) is 5.60 Å². The van der Waals surface area contributed by atoms with E-state index in [1.165, 1.54) is 0 Å². The summed E-state index contributed by atoms with van der Waals surface area (Å²) < 4.78 is 10.5. The zero-order valence-electron chi connectivity index (χ0n) is 17.2. The highest BCUT2D eigenvalue weighted by Crippen LogP contribution is 2.50. The van der Waals surface area contributed by atoms with Crippen molar-refractivity contribution in [2.24, 2.45) is 28.2 Å². The van der Waals surface area contributed by atoms with Crippen LogP contribution in [0.2, 0.25) is 0 Å². The van der Waals surface area contributed by atoms with Gasteiger partial charge in [0.2, 0.25) is 0 Å². The molecule has 0 aliphatic carbocycles. The highest BCUT2D eigenvalue weighted by molar-refractivity contribution is 5.66. The molecule has 2 amide bonds. The van der Waals surface area contributed by atoms with Crippen molar-refractivity contribution in [3.63, 3.8) is 0 Å². The molecule has 6 N–H and O–H groups in total. The summed E-state index contributed by atoms with van der Waals surface area (Å²) in [7, 11) is 0. The average Bonchev–Trinajstić information content (AvgIpc) is 2.38. The van der Waals surface area contributed by atoms with Crippen LogP contribution in [0.5, 0.6) is 0 Å². The van der Waals surface area contributed by atoms with Gasteiger partial charge in [-0.05, 0) is 12.3 Å². The van der Waals surface area contributed by atoms with Gasteiger partial charge in [-0.25, -0.2) is 9.59 Å². The first-order valence-electron chi connectivity index (χ1n) is 8.78. The fourth-order valence-corrected chi connectivity index (χ4v) is 3.85. The molecule has 0 aliphatic heterocycles. The summed E-state index contributed by atoms with van der Waals surface area (Å²) in [6, 6.07) is 0. The molecule has 0 rings (SSSR count). The average molecular weight is 376 g/mol. The number of rotatable bonds is 7. The van der Waals surface area contributed by atoms with Gasteiger partial charge >= 0.3 is 12.2 Å². The van der Waals surface area contributed by atoms with Gasteiger partial charge in [-0.1, -0.05) is 55.4 Å². The van der Waals surface area contributed by atoms with Gasteiger partial charge in [0.25, 0.3) is 0 Å².